The van der Waals surface area contributed by atoms with E-state index in [1.165, 1.54) is 11.1 Å². The fourth-order valence-corrected chi connectivity index (χ4v) is 3.97. The zero-order valence-electron chi connectivity index (χ0n) is 16.7. The molecule has 8 bridgehead atoms. The van der Waals surface area contributed by atoms with E-state index < -0.39 is 0 Å². The van der Waals surface area contributed by atoms with Gasteiger partial charge in [-0.15, -0.1) is 0 Å². The van der Waals surface area contributed by atoms with Crippen LogP contribution in [-0.4, -0.2) is 19.6 Å². The van der Waals surface area contributed by atoms with Crippen LogP contribution in [0.25, 0.3) is 11.4 Å². The molecule has 0 atom stereocenters. The Kier molecular flexibility index (Phi) is 3.45. The topological polar surface area (TPSA) is 35.6 Å². The largest absolute Gasteiger partial charge is 0.241 e. The summed E-state index contributed by atoms with van der Waals surface area (Å²) in [4.78, 5) is 0. The molecule has 2 aromatic carbocycles. The third-order valence-corrected chi connectivity index (χ3v) is 6.12. The van der Waals surface area contributed by atoms with Gasteiger partial charge in [0.1, 0.15) is 0 Å². The first-order valence-corrected chi connectivity index (χ1v) is 9.70. The molecule has 140 valence electrons. The van der Waals surface area contributed by atoms with E-state index in [4.69, 9.17) is 10.2 Å². The summed E-state index contributed by atoms with van der Waals surface area (Å²) in [7, 11) is 0. The minimum atomic E-state index is -0.283. The first-order chi connectivity index (χ1) is 13.4. The monoisotopic (exact) mass is 368 g/mol. The minimum Gasteiger partial charge on any atom is -0.241 e. The number of benzene rings is 2. The van der Waals surface area contributed by atoms with Crippen molar-refractivity contribution in [1.82, 2.24) is 19.6 Å². The van der Waals surface area contributed by atoms with Crippen LogP contribution < -0.4 is 0 Å². The van der Waals surface area contributed by atoms with Crippen molar-refractivity contribution >= 4 is 0 Å². The fourth-order valence-electron chi connectivity index (χ4n) is 3.97. The van der Waals surface area contributed by atoms with Crippen molar-refractivity contribution in [3.63, 3.8) is 0 Å². The molecule has 0 unspecified atom stereocenters. The highest BCUT2D eigenvalue weighted by atomic mass is 15.3. The van der Waals surface area contributed by atoms with E-state index in [0.29, 0.717) is 0 Å². The Morgan fingerprint density at radius 1 is 0.607 bits per heavy atom. The molecule has 0 amide bonds. The Morgan fingerprint density at radius 3 is 1.54 bits per heavy atom. The van der Waals surface area contributed by atoms with Crippen LogP contribution in [0.5, 0.6) is 0 Å². The Morgan fingerprint density at radius 2 is 1.07 bits per heavy atom. The van der Waals surface area contributed by atoms with Gasteiger partial charge in [0.2, 0.25) is 0 Å². The van der Waals surface area contributed by atoms with Gasteiger partial charge in [-0.3, -0.25) is 0 Å². The molecule has 4 nitrogen and oxygen atoms in total. The summed E-state index contributed by atoms with van der Waals surface area (Å²) in [6.45, 7) is 8.88. The maximum atomic E-state index is 4.90. The predicted octanol–water partition coefficient (Wildman–Crippen LogP) is 5.02. The minimum absolute atomic E-state index is 0.138. The lowest BCUT2D eigenvalue weighted by molar-refractivity contribution is 0.575. The Balaban J connectivity index is 1.82. The molecule has 0 saturated heterocycles. The average Bonchev–Trinajstić information content (AvgIpc) is 3.38. The number of nitrogens with zero attached hydrogens (tertiary/aromatic N) is 4. The molecule has 1 aliphatic heterocycles. The van der Waals surface area contributed by atoms with Gasteiger partial charge in [0.05, 0.1) is 28.2 Å². The van der Waals surface area contributed by atoms with E-state index in [1.807, 2.05) is 21.8 Å². The molecule has 1 aliphatic rings. The van der Waals surface area contributed by atoms with E-state index in [2.05, 4.69) is 88.4 Å². The molecule has 3 heterocycles. The van der Waals surface area contributed by atoms with E-state index in [1.54, 1.807) is 0 Å². The van der Waals surface area contributed by atoms with Gasteiger partial charge in [0.25, 0.3) is 0 Å². The molecule has 0 saturated carbocycles. The molecule has 4 aromatic rings. The van der Waals surface area contributed by atoms with E-state index in [0.717, 1.165) is 22.8 Å². The van der Waals surface area contributed by atoms with Crippen LogP contribution in [0.1, 0.15) is 50.2 Å². The van der Waals surface area contributed by atoms with Crippen LogP contribution in [0.3, 0.4) is 0 Å². The average molecular weight is 368 g/mol. The van der Waals surface area contributed by atoms with Gasteiger partial charge in [0.15, 0.2) is 0 Å². The third-order valence-electron chi connectivity index (χ3n) is 6.12. The van der Waals surface area contributed by atoms with Gasteiger partial charge in [-0.05, 0) is 61.4 Å². The predicted molar refractivity (Wildman–Crippen MR) is 111 cm³/mol. The molecule has 0 fully saturated rings. The quantitative estimate of drug-likeness (QED) is 0.437. The highest BCUT2D eigenvalue weighted by Crippen LogP contribution is 2.35. The Hall–Kier alpha value is -3.14. The smallest absolute Gasteiger partial charge is 0.0745 e. The van der Waals surface area contributed by atoms with Gasteiger partial charge in [-0.25, -0.2) is 9.36 Å². The zero-order valence-corrected chi connectivity index (χ0v) is 16.7. The summed E-state index contributed by atoms with van der Waals surface area (Å²) in [6.07, 6.45) is 4.08. The van der Waals surface area contributed by atoms with Crippen molar-refractivity contribution in [2.24, 2.45) is 0 Å². The molecule has 5 rings (SSSR count). The second-order valence-corrected chi connectivity index (χ2v) is 8.64. The maximum absolute atomic E-state index is 4.90. The second-order valence-electron chi connectivity index (χ2n) is 8.64. The summed E-state index contributed by atoms with van der Waals surface area (Å²) < 4.78 is 3.94. The zero-order chi connectivity index (χ0) is 19.5. The van der Waals surface area contributed by atoms with Crippen molar-refractivity contribution < 1.29 is 0 Å². The summed E-state index contributed by atoms with van der Waals surface area (Å²) in [6, 6.07) is 21.5. The lowest BCUT2D eigenvalue weighted by Gasteiger charge is -2.27. The third kappa shape index (κ3) is 2.44. The molecule has 28 heavy (non-hydrogen) atoms. The SMILES string of the molecule is CC1(C)c2cccc(c2)-n2ccc(n2)C(C)(C)c2ccn(n2)-c2cccc1c2. The molecule has 4 heteroatoms. The highest BCUT2D eigenvalue weighted by molar-refractivity contribution is 5.47. The van der Waals surface area contributed by atoms with Crippen molar-refractivity contribution in [1.29, 1.82) is 0 Å². The van der Waals surface area contributed by atoms with E-state index >= 15 is 0 Å². The molecule has 0 spiro atoms. The van der Waals surface area contributed by atoms with Crippen molar-refractivity contribution in [3.05, 3.63) is 95.6 Å². The van der Waals surface area contributed by atoms with Crippen molar-refractivity contribution in [2.75, 3.05) is 0 Å². The van der Waals surface area contributed by atoms with Gasteiger partial charge in [0, 0.05) is 17.8 Å². The summed E-state index contributed by atoms with van der Waals surface area (Å²) in [5.41, 5.74) is 6.27. The van der Waals surface area contributed by atoms with E-state index in [-0.39, 0.29) is 10.8 Å². The molecule has 2 aromatic heterocycles. The maximum Gasteiger partial charge on any atom is 0.0745 e. The van der Waals surface area contributed by atoms with Crippen LogP contribution in [0, 0.1) is 0 Å². The van der Waals surface area contributed by atoms with Gasteiger partial charge < -0.3 is 0 Å². The van der Waals surface area contributed by atoms with Gasteiger partial charge in [-0.2, -0.15) is 10.2 Å². The lowest BCUT2D eigenvalue weighted by atomic mass is 9.78. The number of aromatic nitrogens is 4. The molecular weight excluding hydrogens is 344 g/mol. The molecule has 0 radical (unpaired) electrons. The Bertz CT molecular complexity index is 1090. The van der Waals surface area contributed by atoms with Gasteiger partial charge in [-0.1, -0.05) is 38.1 Å². The second kappa shape index (κ2) is 5.68. The number of rotatable bonds is 0. The summed E-state index contributed by atoms with van der Waals surface area (Å²) >= 11 is 0. The molecule has 0 aliphatic carbocycles. The molecule has 0 N–H and O–H groups in total. The van der Waals surface area contributed by atoms with Crippen molar-refractivity contribution in [2.45, 2.75) is 38.5 Å². The van der Waals surface area contributed by atoms with Crippen LogP contribution in [-0.2, 0) is 10.8 Å². The van der Waals surface area contributed by atoms with Crippen molar-refractivity contribution in [3.8, 4) is 11.4 Å². The standard InChI is InChI=1S/C24H24N4/c1-23(2)17-7-5-9-19(15-17)27-13-11-21(25-27)24(3,4)22-12-14-28(26-22)20-10-6-8-18(23)16-20/h5-16H,1-4H3. The fraction of sp³-hybridized carbons (Fsp3) is 0.250. The van der Waals surface area contributed by atoms with Crippen LogP contribution in [0.15, 0.2) is 73.1 Å². The Labute approximate surface area is 165 Å². The summed E-state index contributed by atoms with van der Waals surface area (Å²) in [5.74, 6) is 0. The first-order valence-electron chi connectivity index (χ1n) is 9.70. The number of fused-ring (bicyclic) bond motifs is 10. The van der Waals surface area contributed by atoms with Crippen LogP contribution in [0.4, 0.5) is 0 Å². The van der Waals surface area contributed by atoms with Gasteiger partial charge >= 0.3 is 0 Å². The normalized spacial score (nSPS) is 16.4. The number of hydrogen-bond acceptors (Lipinski definition) is 2. The van der Waals surface area contributed by atoms with Crippen LogP contribution >= 0.6 is 0 Å². The van der Waals surface area contributed by atoms with E-state index in [9.17, 15) is 0 Å². The lowest BCUT2D eigenvalue weighted by Crippen LogP contribution is -2.22. The first kappa shape index (κ1) is 17.0. The summed E-state index contributed by atoms with van der Waals surface area (Å²) in [5, 5.41) is 9.80. The molecular formula is C24H24N4. The number of hydrogen-bond donors (Lipinski definition) is 0. The highest BCUT2D eigenvalue weighted by Gasteiger charge is 2.30. The van der Waals surface area contributed by atoms with Crippen LogP contribution in [0.2, 0.25) is 0 Å².